The zero-order valence-electron chi connectivity index (χ0n) is 11.1. The van der Waals surface area contributed by atoms with Crippen molar-refractivity contribution in [2.75, 3.05) is 20.8 Å². The van der Waals surface area contributed by atoms with E-state index in [0.717, 1.165) is 19.3 Å². The third kappa shape index (κ3) is 2.98. The third-order valence-corrected chi connectivity index (χ3v) is 3.37. The second-order valence-corrected chi connectivity index (χ2v) is 4.72. The largest absolute Gasteiger partial charge is 0.497 e. The highest BCUT2D eigenvalue weighted by Crippen LogP contribution is 2.33. The SMILES string of the molecule is COC(=O)c1cc(OC)ccc1OCC1(O)CCC1. The smallest absolute Gasteiger partial charge is 0.341 e. The Morgan fingerprint density at radius 2 is 2.11 bits per heavy atom. The zero-order chi connectivity index (χ0) is 13.9. The summed E-state index contributed by atoms with van der Waals surface area (Å²) in [6, 6.07) is 4.91. The lowest BCUT2D eigenvalue weighted by Crippen LogP contribution is -2.42. The van der Waals surface area contributed by atoms with E-state index in [2.05, 4.69) is 0 Å². The molecule has 104 valence electrons. The topological polar surface area (TPSA) is 65.0 Å². The molecule has 0 unspecified atom stereocenters. The molecular formula is C14H18O5. The van der Waals surface area contributed by atoms with Crippen molar-refractivity contribution < 1.29 is 24.1 Å². The summed E-state index contributed by atoms with van der Waals surface area (Å²) in [4.78, 5) is 11.7. The van der Waals surface area contributed by atoms with E-state index in [9.17, 15) is 9.90 Å². The summed E-state index contributed by atoms with van der Waals surface area (Å²) < 4.78 is 15.3. The Morgan fingerprint density at radius 3 is 2.63 bits per heavy atom. The van der Waals surface area contributed by atoms with Crippen molar-refractivity contribution in [3.63, 3.8) is 0 Å². The van der Waals surface area contributed by atoms with Crippen molar-refractivity contribution in [3.05, 3.63) is 23.8 Å². The van der Waals surface area contributed by atoms with Crippen LogP contribution in [0.2, 0.25) is 0 Å². The Hall–Kier alpha value is -1.75. The molecule has 2 rings (SSSR count). The summed E-state index contributed by atoms with van der Waals surface area (Å²) in [7, 11) is 2.83. The van der Waals surface area contributed by atoms with Crippen LogP contribution in [0, 0.1) is 0 Å². The van der Waals surface area contributed by atoms with Crippen LogP contribution in [-0.2, 0) is 4.74 Å². The summed E-state index contributed by atoms with van der Waals surface area (Å²) in [5.41, 5.74) is -0.461. The van der Waals surface area contributed by atoms with E-state index >= 15 is 0 Å². The van der Waals surface area contributed by atoms with Crippen molar-refractivity contribution in [3.8, 4) is 11.5 Å². The predicted octanol–water partition coefficient (Wildman–Crippen LogP) is 1.78. The van der Waals surface area contributed by atoms with Crippen LogP contribution in [0.4, 0.5) is 0 Å². The average molecular weight is 266 g/mol. The minimum absolute atomic E-state index is 0.184. The van der Waals surface area contributed by atoms with Gasteiger partial charge >= 0.3 is 5.97 Å². The van der Waals surface area contributed by atoms with Crippen molar-refractivity contribution in [2.24, 2.45) is 0 Å². The normalized spacial score (nSPS) is 16.4. The number of rotatable bonds is 5. The Morgan fingerprint density at radius 1 is 1.37 bits per heavy atom. The molecule has 1 N–H and O–H groups in total. The summed E-state index contributed by atoms with van der Waals surface area (Å²) in [6.45, 7) is 0.184. The molecule has 5 heteroatoms. The molecule has 1 saturated carbocycles. The van der Waals surface area contributed by atoms with Gasteiger partial charge in [-0.15, -0.1) is 0 Å². The number of hydrogen-bond donors (Lipinski definition) is 1. The first-order chi connectivity index (χ1) is 9.08. The molecule has 0 amide bonds. The number of hydrogen-bond acceptors (Lipinski definition) is 5. The van der Waals surface area contributed by atoms with Crippen LogP contribution in [0.5, 0.6) is 11.5 Å². The van der Waals surface area contributed by atoms with Crippen molar-refractivity contribution >= 4 is 5.97 Å². The second-order valence-electron chi connectivity index (χ2n) is 4.72. The molecule has 5 nitrogen and oxygen atoms in total. The molecule has 0 radical (unpaired) electrons. The summed E-state index contributed by atoms with van der Waals surface area (Å²) in [5, 5.41) is 9.99. The predicted molar refractivity (Wildman–Crippen MR) is 68.6 cm³/mol. The highest BCUT2D eigenvalue weighted by atomic mass is 16.5. The molecule has 1 fully saturated rings. The van der Waals surface area contributed by atoms with E-state index in [1.54, 1.807) is 18.2 Å². The first-order valence-corrected chi connectivity index (χ1v) is 6.19. The fraction of sp³-hybridized carbons (Fsp3) is 0.500. The maximum atomic E-state index is 11.7. The maximum absolute atomic E-state index is 11.7. The summed E-state index contributed by atoms with van der Waals surface area (Å²) in [5.74, 6) is 0.456. The van der Waals surface area contributed by atoms with Gasteiger partial charge in [0.15, 0.2) is 0 Å². The maximum Gasteiger partial charge on any atom is 0.341 e. The number of methoxy groups -OCH3 is 2. The van der Waals surface area contributed by atoms with Crippen LogP contribution in [0.25, 0.3) is 0 Å². The molecule has 1 aliphatic rings. The van der Waals surface area contributed by atoms with Crippen molar-refractivity contribution in [1.29, 1.82) is 0 Å². The minimum atomic E-state index is -0.757. The van der Waals surface area contributed by atoms with Gasteiger partial charge in [-0.1, -0.05) is 0 Å². The molecule has 0 bridgehead atoms. The van der Waals surface area contributed by atoms with E-state index in [0.29, 0.717) is 17.1 Å². The van der Waals surface area contributed by atoms with Crippen molar-refractivity contribution in [1.82, 2.24) is 0 Å². The lowest BCUT2D eigenvalue weighted by Gasteiger charge is -2.36. The van der Waals surface area contributed by atoms with Crippen LogP contribution < -0.4 is 9.47 Å². The van der Waals surface area contributed by atoms with Gasteiger partial charge in [0, 0.05) is 0 Å². The average Bonchev–Trinajstić information content (AvgIpc) is 2.42. The Kier molecular flexibility index (Phi) is 3.95. The molecule has 0 heterocycles. The van der Waals surface area contributed by atoms with Gasteiger partial charge < -0.3 is 19.3 Å². The number of carbonyl (C=O) groups is 1. The van der Waals surface area contributed by atoms with Gasteiger partial charge in [-0.05, 0) is 37.5 Å². The van der Waals surface area contributed by atoms with E-state index < -0.39 is 11.6 Å². The lowest BCUT2D eigenvalue weighted by atomic mass is 9.81. The Labute approximate surface area is 112 Å². The molecular weight excluding hydrogens is 248 g/mol. The molecule has 0 aromatic heterocycles. The van der Waals surface area contributed by atoms with E-state index in [-0.39, 0.29) is 6.61 Å². The van der Waals surface area contributed by atoms with Gasteiger partial charge in [-0.2, -0.15) is 0 Å². The van der Waals surface area contributed by atoms with Crippen LogP contribution in [0.15, 0.2) is 18.2 Å². The van der Waals surface area contributed by atoms with Crippen molar-refractivity contribution in [2.45, 2.75) is 24.9 Å². The third-order valence-electron chi connectivity index (χ3n) is 3.37. The van der Waals surface area contributed by atoms with Gasteiger partial charge in [-0.3, -0.25) is 0 Å². The van der Waals surface area contributed by atoms with Gasteiger partial charge in [-0.25, -0.2) is 4.79 Å². The first-order valence-electron chi connectivity index (χ1n) is 6.19. The monoisotopic (exact) mass is 266 g/mol. The first kappa shape index (κ1) is 13.7. The van der Waals surface area contributed by atoms with E-state index in [1.807, 2.05) is 0 Å². The molecule has 0 saturated heterocycles. The van der Waals surface area contributed by atoms with Crippen LogP contribution in [0.1, 0.15) is 29.6 Å². The molecule has 1 aromatic carbocycles. The molecule has 0 spiro atoms. The Bertz CT molecular complexity index is 465. The molecule has 0 aliphatic heterocycles. The molecule has 1 aromatic rings. The van der Waals surface area contributed by atoms with E-state index in [1.165, 1.54) is 14.2 Å². The van der Waals surface area contributed by atoms with Crippen LogP contribution >= 0.6 is 0 Å². The molecule has 0 atom stereocenters. The number of aliphatic hydroxyl groups is 1. The Balaban J connectivity index is 2.15. The number of ether oxygens (including phenoxy) is 3. The zero-order valence-corrected chi connectivity index (χ0v) is 11.1. The van der Waals surface area contributed by atoms with Crippen LogP contribution in [0.3, 0.4) is 0 Å². The highest BCUT2D eigenvalue weighted by molar-refractivity contribution is 5.92. The van der Waals surface area contributed by atoms with Crippen LogP contribution in [-0.4, -0.2) is 37.5 Å². The van der Waals surface area contributed by atoms with Gasteiger partial charge in [0.25, 0.3) is 0 Å². The fourth-order valence-corrected chi connectivity index (χ4v) is 1.97. The van der Waals surface area contributed by atoms with E-state index in [4.69, 9.17) is 14.2 Å². The minimum Gasteiger partial charge on any atom is -0.497 e. The van der Waals surface area contributed by atoms with Gasteiger partial charge in [0.1, 0.15) is 23.7 Å². The fourth-order valence-electron chi connectivity index (χ4n) is 1.97. The number of carbonyl (C=O) groups excluding carboxylic acids is 1. The quantitative estimate of drug-likeness (QED) is 0.823. The highest BCUT2D eigenvalue weighted by Gasteiger charge is 2.35. The summed E-state index contributed by atoms with van der Waals surface area (Å²) in [6.07, 6.45) is 2.47. The number of benzene rings is 1. The lowest BCUT2D eigenvalue weighted by molar-refractivity contribution is -0.0665. The summed E-state index contributed by atoms with van der Waals surface area (Å²) >= 11 is 0. The molecule has 1 aliphatic carbocycles. The standard InChI is InChI=1S/C14H18O5/c1-17-10-4-5-12(11(8-10)13(15)18-2)19-9-14(16)6-3-7-14/h4-5,8,16H,3,6-7,9H2,1-2H3. The van der Waals surface area contributed by atoms with Gasteiger partial charge in [0.2, 0.25) is 0 Å². The van der Waals surface area contributed by atoms with Gasteiger partial charge in [0.05, 0.1) is 19.8 Å². The number of esters is 1. The second kappa shape index (κ2) is 5.48. The molecule has 19 heavy (non-hydrogen) atoms.